The molecule has 4 nitrogen and oxygen atoms in total. The second-order valence-electron chi connectivity index (χ2n) is 7.20. The van der Waals surface area contributed by atoms with Crippen LogP contribution >= 0.6 is 0 Å². The van der Waals surface area contributed by atoms with Gasteiger partial charge in [-0.25, -0.2) is 4.79 Å². The second-order valence-corrected chi connectivity index (χ2v) is 7.20. The van der Waals surface area contributed by atoms with Crippen molar-refractivity contribution in [2.75, 3.05) is 26.2 Å². The molecule has 2 aliphatic heterocycles. The first-order valence-corrected chi connectivity index (χ1v) is 8.78. The highest BCUT2D eigenvalue weighted by atomic mass is 19.4. The van der Waals surface area contributed by atoms with Crippen molar-refractivity contribution in [2.45, 2.75) is 63.2 Å². The van der Waals surface area contributed by atoms with E-state index in [2.05, 4.69) is 10.2 Å². The van der Waals surface area contributed by atoms with Gasteiger partial charge in [-0.1, -0.05) is 6.42 Å². The van der Waals surface area contributed by atoms with E-state index < -0.39 is 12.6 Å². The maximum Gasteiger partial charge on any atom is 0.390 e. The molecule has 3 rings (SSSR count). The van der Waals surface area contributed by atoms with Crippen LogP contribution < -0.4 is 5.32 Å². The summed E-state index contributed by atoms with van der Waals surface area (Å²) in [5.41, 5.74) is 0. The largest absolute Gasteiger partial charge is 0.390 e. The predicted octanol–water partition coefficient (Wildman–Crippen LogP) is 2.99. The molecule has 1 N–H and O–H groups in total. The Morgan fingerprint density at radius 1 is 1.13 bits per heavy atom. The Kier molecular flexibility index (Phi) is 5.04. The number of fused-ring (bicyclic) bond motifs is 1. The number of halogens is 3. The van der Waals surface area contributed by atoms with Crippen LogP contribution in [-0.4, -0.2) is 60.3 Å². The SMILES string of the molecule is O=C(N[C@H]1CCN2CCCC[C@@H]12)N(CCC(F)(F)F)CC1CC1. The summed E-state index contributed by atoms with van der Waals surface area (Å²) >= 11 is 0. The standard InChI is InChI=1S/C16H26F3N3O/c17-16(18,19)7-10-22(11-12-4-5-12)15(23)20-13-6-9-21-8-2-1-3-14(13)21/h12-14H,1-11H2,(H,20,23)/t13-,14-/m0/s1. The van der Waals surface area contributed by atoms with Crippen LogP contribution in [0.15, 0.2) is 0 Å². The van der Waals surface area contributed by atoms with Gasteiger partial charge in [0.05, 0.1) is 6.42 Å². The fourth-order valence-corrected chi connectivity index (χ4v) is 3.82. The number of carbonyl (C=O) groups is 1. The van der Waals surface area contributed by atoms with Gasteiger partial charge in [0, 0.05) is 31.7 Å². The maximum atomic E-state index is 12.5. The number of piperidine rings is 1. The molecule has 23 heavy (non-hydrogen) atoms. The molecule has 132 valence electrons. The fourth-order valence-electron chi connectivity index (χ4n) is 3.82. The molecular weight excluding hydrogens is 307 g/mol. The summed E-state index contributed by atoms with van der Waals surface area (Å²) in [6.45, 7) is 2.30. The predicted molar refractivity (Wildman–Crippen MR) is 81.1 cm³/mol. The van der Waals surface area contributed by atoms with Crippen molar-refractivity contribution in [3.8, 4) is 0 Å². The van der Waals surface area contributed by atoms with E-state index in [1.807, 2.05) is 0 Å². The lowest BCUT2D eigenvalue weighted by Gasteiger charge is -2.33. The number of hydrogen-bond donors (Lipinski definition) is 1. The van der Waals surface area contributed by atoms with Gasteiger partial charge in [0.1, 0.15) is 0 Å². The number of rotatable bonds is 5. The van der Waals surface area contributed by atoms with Crippen LogP contribution in [0, 0.1) is 5.92 Å². The fraction of sp³-hybridized carbons (Fsp3) is 0.938. The van der Waals surface area contributed by atoms with Gasteiger partial charge in [0.15, 0.2) is 0 Å². The van der Waals surface area contributed by atoms with Gasteiger partial charge in [0.25, 0.3) is 0 Å². The van der Waals surface area contributed by atoms with E-state index >= 15 is 0 Å². The van der Waals surface area contributed by atoms with Crippen LogP contribution in [0.5, 0.6) is 0 Å². The Morgan fingerprint density at radius 2 is 1.91 bits per heavy atom. The van der Waals surface area contributed by atoms with Crippen LogP contribution in [0.2, 0.25) is 0 Å². The molecule has 0 bridgehead atoms. The van der Waals surface area contributed by atoms with E-state index in [0.29, 0.717) is 18.5 Å². The minimum atomic E-state index is -4.21. The highest BCUT2D eigenvalue weighted by molar-refractivity contribution is 5.74. The average molecular weight is 333 g/mol. The molecule has 1 aliphatic carbocycles. The lowest BCUT2D eigenvalue weighted by molar-refractivity contribution is -0.136. The summed E-state index contributed by atoms with van der Waals surface area (Å²) in [6, 6.07) is 0.159. The molecule has 2 amide bonds. The highest BCUT2D eigenvalue weighted by Crippen LogP contribution is 2.31. The van der Waals surface area contributed by atoms with Crippen LogP contribution in [0.3, 0.4) is 0 Å². The minimum Gasteiger partial charge on any atom is -0.334 e. The van der Waals surface area contributed by atoms with Crippen molar-refractivity contribution in [3.63, 3.8) is 0 Å². The summed E-state index contributed by atoms with van der Waals surface area (Å²) in [7, 11) is 0. The third-order valence-corrected chi connectivity index (χ3v) is 5.29. The molecule has 0 unspecified atom stereocenters. The number of carbonyl (C=O) groups excluding carboxylic acids is 1. The van der Waals surface area contributed by atoms with Crippen molar-refractivity contribution in [3.05, 3.63) is 0 Å². The van der Waals surface area contributed by atoms with Gasteiger partial charge in [-0.3, -0.25) is 4.90 Å². The molecule has 0 spiro atoms. The first-order valence-electron chi connectivity index (χ1n) is 8.78. The molecule has 0 aromatic carbocycles. The first-order chi connectivity index (χ1) is 10.9. The van der Waals surface area contributed by atoms with Crippen molar-refractivity contribution in [2.24, 2.45) is 5.92 Å². The molecule has 2 heterocycles. The normalized spacial score (nSPS) is 28.5. The molecule has 0 aromatic rings. The van der Waals surface area contributed by atoms with Crippen LogP contribution in [-0.2, 0) is 0 Å². The Labute approximate surface area is 135 Å². The monoisotopic (exact) mass is 333 g/mol. The van der Waals surface area contributed by atoms with E-state index in [-0.39, 0.29) is 18.6 Å². The molecule has 2 atom stereocenters. The number of nitrogens with one attached hydrogen (secondary N) is 1. The van der Waals surface area contributed by atoms with Crippen LogP contribution in [0.4, 0.5) is 18.0 Å². The Hall–Kier alpha value is -0.980. The van der Waals surface area contributed by atoms with Crippen molar-refractivity contribution in [1.29, 1.82) is 0 Å². The Morgan fingerprint density at radius 3 is 2.61 bits per heavy atom. The third-order valence-electron chi connectivity index (χ3n) is 5.29. The summed E-state index contributed by atoms with van der Waals surface area (Å²) in [5.74, 6) is 0.392. The lowest BCUT2D eigenvalue weighted by atomic mass is 9.99. The molecule has 0 aromatic heterocycles. The second kappa shape index (κ2) is 6.87. The summed E-state index contributed by atoms with van der Waals surface area (Å²) in [5, 5.41) is 3.03. The number of alkyl halides is 3. The number of hydrogen-bond acceptors (Lipinski definition) is 2. The molecule has 0 radical (unpaired) electrons. The summed E-state index contributed by atoms with van der Waals surface area (Å²) in [6.07, 6.45) is 1.28. The highest BCUT2D eigenvalue weighted by Gasteiger charge is 2.38. The van der Waals surface area contributed by atoms with E-state index in [1.165, 1.54) is 17.7 Å². The summed E-state index contributed by atoms with van der Waals surface area (Å²) < 4.78 is 37.5. The molecular formula is C16H26F3N3O. The average Bonchev–Trinajstić information content (AvgIpc) is 3.23. The quantitative estimate of drug-likeness (QED) is 0.839. The van der Waals surface area contributed by atoms with Crippen molar-refractivity contribution < 1.29 is 18.0 Å². The van der Waals surface area contributed by atoms with Crippen molar-refractivity contribution in [1.82, 2.24) is 15.1 Å². The smallest absolute Gasteiger partial charge is 0.334 e. The zero-order valence-corrected chi connectivity index (χ0v) is 13.4. The molecule has 2 saturated heterocycles. The van der Waals surface area contributed by atoms with E-state index in [1.54, 1.807) is 0 Å². The van der Waals surface area contributed by atoms with Gasteiger partial charge in [-0.05, 0) is 44.6 Å². The Bertz CT molecular complexity index is 425. The van der Waals surface area contributed by atoms with Gasteiger partial charge in [0.2, 0.25) is 0 Å². The van der Waals surface area contributed by atoms with Gasteiger partial charge in [-0.2, -0.15) is 13.2 Å². The zero-order chi connectivity index (χ0) is 16.4. The van der Waals surface area contributed by atoms with E-state index in [9.17, 15) is 18.0 Å². The Balaban J connectivity index is 1.54. The van der Waals surface area contributed by atoms with Crippen LogP contribution in [0.25, 0.3) is 0 Å². The van der Waals surface area contributed by atoms with Gasteiger partial charge in [-0.15, -0.1) is 0 Å². The lowest BCUT2D eigenvalue weighted by Crippen LogP contribution is -2.51. The number of amides is 2. The van der Waals surface area contributed by atoms with Crippen LogP contribution in [0.1, 0.15) is 44.9 Å². The van der Waals surface area contributed by atoms with Gasteiger partial charge < -0.3 is 10.2 Å². The molecule has 3 aliphatic rings. The summed E-state index contributed by atoms with van der Waals surface area (Å²) in [4.78, 5) is 16.3. The zero-order valence-electron chi connectivity index (χ0n) is 13.4. The molecule has 3 fully saturated rings. The molecule has 7 heteroatoms. The molecule has 1 saturated carbocycles. The number of urea groups is 1. The van der Waals surface area contributed by atoms with Crippen molar-refractivity contribution >= 4 is 6.03 Å². The topological polar surface area (TPSA) is 35.6 Å². The van der Waals surface area contributed by atoms with Gasteiger partial charge >= 0.3 is 12.2 Å². The number of nitrogens with zero attached hydrogens (tertiary/aromatic N) is 2. The van der Waals surface area contributed by atoms with E-state index in [4.69, 9.17) is 0 Å². The van der Waals surface area contributed by atoms with E-state index in [0.717, 1.165) is 38.8 Å². The third kappa shape index (κ3) is 4.75. The first kappa shape index (κ1) is 16.9. The maximum absolute atomic E-state index is 12.5. The minimum absolute atomic E-state index is 0.0930.